The lowest BCUT2D eigenvalue weighted by Crippen LogP contribution is -2.51. The first-order chi connectivity index (χ1) is 20.4. The molecule has 4 aromatic rings. The standard InChI is InChI=1S/C37H32N2O3/c1-23(2)22-24-16-18-27(19-17-24)34(40)32-33(35(41)26-11-4-3-5-12-26)39-30-15-9-6-10-25(30)20-21-31(39)37(32)28-13-7-8-14-29(28)38-36(37)42/h3-21,23,31-33H,22H2,1-2H3,(H,38,42)/t31-,32-,33+,37+/m1/s1. The van der Waals surface area contributed by atoms with Crippen molar-refractivity contribution in [3.05, 3.63) is 137 Å². The van der Waals surface area contributed by atoms with Gasteiger partial charge in [0, 0.05) is 22.5 Å². The first-order valence-electron chi connectivity index (χ1n) is 14.6. The van der Waals surface area contributed by atoms with Gasteiger partial charge < -0.3 is 10.2 Å². The number of carbonyl (C=O) groups excluding carboxylic acids is 3. The molecule has 5 heteroatoms. The van der Waals surface area contributed by atoms with Gasteiger partial charge in [0.05, 0.1) is 12.0 Å². The molecule has 0 unspecified atom stereocenters. The second-order valence-corrected chi connectivity index (χ2v) is 12.0. The van der Waals surface area contributed by atoms with E-state index in [4.69, 9.17) is 0 Å². The summed E-state index contributed by atoms with van der Waals surface area (Å²) in [5, 5.41) is 3.09. The predicted molar refractivity (Wildman–Crippen MR) is 166 cm³/mol. The number of anilines is 2. The zero-order chi connectivity index (χ0) is 29.0. The molecule has 208 valence electrons. The lowest BCUT2D eigenvalue weighted by Gasteiger charge is -2.37. The SMILES string of the molecule is CC(C)Cc1ccc(C(=O)[C@H]2[C@@H](C(=O)c3ccccc3)N3c4ccccc4C=C[C@@H]3[C@]23C(=O)Nc2ccccc23)cc1. The maximum Gasteiger partial charge on any atom is 0.238 e. The number of benzene rings is 4. The molecular formula is C37H32N2O3. The van der Waals surface area contributed by atoms with Gasteiger partial charge in [-0.25, -0.2) is 0 Å². The minimum atomic E-state index is -1.30. The second-order valence-electron chi connectivity index (χ2n) is 12.0. The van der Waals surface area contributed by atoms with Crippen molar-refractivity contribution in [2.45, 2.75) is 37.8 Å². The monoisotopic (exact) mass is 552 g/mol. The average Bonchev–Trinajstić information content (AvgIpc) is 3.49. The quantitative estimate of drug-likeness (QED) is 0.269. The molecule has 1 saturated heterocycles. The van der Waals surface area contributed by atoms with Crippen LogP contribution < -0.4 is 10.2 Å². The van der Waals surface area contributed by atoms with Crippen molar-refractivity contribution in [3.63, 3.8) is 0 Å². The third-order valence-corrected chi connectivity index (χ3v) is 9.03. The number of para-hydroxylation sites is 2. The molecule has 7 rings (SSSR count). The first-order valence-corrected chi connectivity index (χ1v) is 14.6. The highest BCUT2D eigenvalue weighted by atomic mass is 16.2. The Kier molecular flexibility index (Phi) is 6.19. The number of amides is 1. The van der Waals surface area contributed by atoms with Gasteiger partial charge in [-0.2, -0.15) is 0 Å². The highest BCUT2D eigenvalue weighted by Crippen LogP contribution is 2.58. The maximum atomic E-state index is 14.9. The number of hydrogen-bond donors (Lipinski definition) is 1. The van der Waals surface area contributed by atoms with E-state index in [1.807, 2.05) is 108 Å². The van der Waals surface area contributed by atoms with E-state index in [1.54, 1.807) is 12.1 Å². The van der Waals surface area contributed by atoms with Crippen molar-refractivity contribution >= 4 is 34.9 Å². The smallest absolute Gasteiger partial charge is 0.238 e. The molecule has 0 aliphatic carbocycles. The summed E-state index contributed by atoms with van der Waals surface area (Å²) in [6.45, 7) is 4.33. The highest BCUT2D eigenvalue weighted by Gasteiger charge is 2.70. The van der Waals surface area contributed by atoms with Gasteiger partial charge >= 0.3 is 0 Å². The molecular weight excluding hydrogens is 520 g/mol. The summed E-state index contributed by atoms with van der Waals surface area (Å²) in [6.07, 6.45) is 4.93. The number of Topliss-reactive ketones (excluding diaryl/α,β-unsaturated/α-hetero) is 2. The number of nitrogens with one attached hydrogen (secondary N) is 1. The molecule has 4 atom stereocenters. The van der Waals surface area contributed by atoms with Gasteiger partial charge in [-0.3, -0.25) is 14.4 Å². The number of fused-ring (bicyclic) bond motifs is 6. The Morgan fingerprint density at radius 2 is 1.48 bits per heavy atom. The van der Waals surface area contributed by atoms with Crippen molar-refractivity contribution in [2.24, 2.45) is 11.8 Å². The zero-order valence-corrected chi connectivity index (χ0v) is 23.7. The van der Waals surface area contributed by atoms with Crippen molar-refractivity contribution in [1.82, 2.24) is 0 Å². The number of hydrogen-bond acceptors (Lipinski definition) is 4. The molecule has 1 N–H and O–H groups in total. The van der Waals surface area contributed by atoms with E-state index in [1.165, 1.54) is 0 Å². The molecule has 4 aromatic carbocycles. The van der Waals surface area contributed by atoms with Crippen molar-refractivity contribution < 1.29 is 14.4 Å². The number of ketones is 2. The normalized spacial score (nSPS) is 23.5. The van der Waals surface area contributed by atoms with Crippen LogP contribution in [0.1, 0.15) is 51.3 Å². The second kappa shape index (κ2) is 9.95. The van der Waals surface area contributed by atoms with Gasteiger partial charge in [0.25, 0.3) is 0 Å². The highest BCUT2D eigenvalue weighted by molar-refractivity contribution is 6.18. The topological polar surface area (TPSA) is 66.5 Å². The number of nitrogens with zero attached hydrogens (tertiary/aromatic N) is 1. The third kappa shape index (κ3) is 3.80. The van der Waals surface area contributed by atoms with E-state index in [2.05, 4.69) is 19.2 Å². The lowest BCUT2D eigenvalue weighted by molar-refractivity contribution is -0.121. The summed E-state index contributed by atoms with van der Waals surface area (Å²) < 4.78 is 0. The predicted octanol–water partition coefficient (Wildman–Crippen LogP) is 6.74. The fourth-order valence-corrected chi connectivity index (χ4v) is 7.35. The molecule has 0 saturated carbocycles. The first kappa shape index (κ1) is 26.1. The van der Waals surface area contributed by atoms with Gasteiger partial charge in [0.2, 0.25) is 5.91 Å². The van der Waals surface area contributed by atoms with E-state index >= 15 is 0 Å². The summed E-state index contributed by atoms with van der Waals surface area (Å²) in [7, 11) is 0. The molecule has 42 heavy (non-hydrogen) atoms. The van der Waals surface area contributed by atoms with E-state index in [-0.39, 0.29) is 17.5 Å². The van der Waals surface area contributed by atoms with Crippen LogP contribution in [0.2, 0.25) is 0 Å². The van der Waals surface area contributed by atoms with Crippen LogP contribution >= 0.6 is 0 Å². The lowest BCUT2D eigenvalue weighted by atomic mass is 9.64. The van der Waals surface area contributed by atoms with Crippen LogP contribution in [0.4, 0.5) is 11.4 Å². The van der Waals surface area contributed by atoms with Crippen LogP contribution in [0.15, 0.2) is 109 Å². The Hall–Kier alpha value is -4.77. The summed E-state index contributed by atoms with van der Waals surface area (Å²) in [6, 6.07) is 30.9. The van der Waals surface area contributed by atoms with Gasteiger partial charge in [-0.1, -0.05) is 117 Å². The molecule has 3 heterocycles. The van der Waals surface area contributed by atoms with Crippen molar-refractivity contribution in [1.29, 1.82) is 0 Å². The van der Waals surface area contributed by atoms with E-state index in [0.717, 1.165) is 28.8 Å². The molecule has 3 aliphatic rings. The molecule has 1 fully saturated rings. The van der Waals surface area contributed by atoms with Gasteiger partial charge in [-0.15, -0.1) is 0 Å². The van der Waals surface area contributed by atoms with Crippen LogP contribution in [0, 0.1) is 11.8 Å². The van der Waals surface area contributed by atoms with Crippen LogP contribution in [0.25, 0.3) is 6.08 Å². The molecule has 1 spiro atoms. The third-order valence-electron chi connectivity index (χ3n) is 9.03. The maximum absolute atomic E-state index is 14.9. The van der Waals surface area contributed by atoms with Crippen molar-refractivity contribution in [3.8, 4) is 0 Å². The number of rotatable bonds is 6. The summed E-state index contributed by atoms with van der Waals surface area (Å²) in [5.41, 5.74) is 4.11. The molecule has 0 aromatic heterocycles. The Balaban J connectivity index is 1.48. The van der Waals surface area contributed by atoms with Gasteiger partial charge in [0.1, 0.15) is 11.5 Å². The number of carbonyl (C=O) groups is 3. The van der Waals surface area contributed by atoms with Crippen LogP contribution in [0.3, 0.4) is 0 Å². The van der Waals surface area contributed by atoms with Crippen LogP contribution in [0.5, 0.6) is 0 Å². The summed E-state index contributed by atoms with van der Waals surface area (Å²) in [4.78, 5) is 46.0. The van der Waals surface area contributed by atoms with Gasteiger partial charge in [-0.05, 0) is 41.2 Å². The van der Waals surface area contributed by atoms with Gasteiger partial charge in [0.15, 0.2) is 11.6 Å². The van der Waals surface area contributed by atoms with Crippen LogP contribution in [-0.2, 0) is 16.6 Å². The van der Waals surface area contributed by atoms with E-state index in [0.29, 0.717) is 22.7 Å². The molecule has 0 bridgehead atoms. The van der Waals surface area contributed by atoms with E-state index in [9.17, 15) is 14.4 Å². The summed E-state index contributed by atoms with van der Waals surface area (Å²) >= 11 is 0. The average molecular weight is 553 g/mol. The molecule has 1 amide bonds. The molecule has 0 radical (unpaired) electrons. The fraction of sp³-hybridized carbons (Fsp3) is 0.216. The molecule has 5 nitrogen and oxygen atoms in total. The summed E-state index contributed by atoms with van der Waals surface area (Å²) in [5.74, 6) is -1.10. The minimum absolute atomic E-state index is 0.172. The zero-order valence-electron chi connectivity index (χ0n) is 23.7. The largest absolute Gasteiger partial charge is 0.352 e. The Bertz CT molecular complexity index is 1740. The Morgan fingerprint density at radius 3 is 2.24 bits per heavy atom. The van der Waals surface area contributed by atoms with E-state index < -0.39 is 23.4 Å². The fourth-order valence-electron chi connectivity index (χ4n) is 7.35. The Labute approximate surface area is 245 Å². The van der Waals surface area contributed by atoms with Crippen LogP contribution in [-0.4, -0.2) is 29.6 Å². The minimum Gasteiger partial charge on any atom is -0.352 e. The Morgan fingerprint density at radius 1 is 0.810 bits per heavy atom. The molecule has 3 aliphatic heterocycles. The van der Waals surface area contributed by atoms with Crippen molar-refractivity contribution in [2.75, 3.05) is 10.2 Å².